The van der Waals surface area contributed by atoms with E-state index in [0.29, 0.717) is 17.5 Å². The molecule has 0 aliphatic rings. The third-order valence-corrected chi connectivity index (χ3v) is 8.51. The Kier molecular flexibility index (Phi) is 5.78. The van der Waals surface area contributed by atoms with E-state index in [-0.39, 0.29) is 0 Å². The van der Waals surface area contributed by atoms with E-state index in [4.69, 9.17) is 19.4 Å². The first-order chi connectivity index (χ1) is 22.3. The van der Waals surface area contributed by atoms with Crippen LogP contribution in [-0.4, -0.2) is 15.0 Å². The molecule has 45 heavy (non-hydrogen) atoms. The molecule has 9 aromatic rings. The molecule has 0 saturated carbocycles. The van der Waals surface area contributed by atoms with Gasteiger partial charge in [-0.3, -0.25) is 0 Å². The average molecular weight is 576 g/mol. The van der Waals surface area contributed by atoms with Gasteiger partial charge in [-0.2, -0.15) is 0 Å². The molecule has 0 unspecified atom stereocenters. The molecule has 0 radical (unpaired) electrons. The van der Waals surface area contributed by atoms with Gasteiger partial charge in [-0.1, -0.05) is 127 Å². The monoisotopic (exact) mass is 575 g/mol. The molecule has 2 aromatic heterocycles. The van der Waals surface area contributed by atoms with Crippen LogP contribution in [0.15, 0.2) is 156 Å². The number of benzene rings is 7. The molecule has 9 rings (SSSR count). The van der Waals surface area contributed by atoms with Crippen LogP contribution in [0.3, 0.4) is 0 Å². The zero-order chi connectivity index (χ0) is 29.7. The molecule has 210 valence electrons. The van der Waals surface area contributed by atoms with Gasteiger partial charge in [-0.15, -0.1) is 0 Å². The fourth-order valence-corrected chi connectivity index (χ4v) is 6.32. The van der Waals surface area contributed by atoms with Gasteiger partial charge in [0.25, 0.3) is 0 Å². The third-order valence-electron chi connectivity index (χ3n) is 8.51. The number of furan rings is 1. The predicted octanol–water partition coefficient (Wildman–Crippen LogP) is 10.7. The largest absolute Gasteiger partial charge is 0.456 e. The van der Waals surface area contributed by atoms with Crippen molar-refractivity contribution in [1.29, 1.82) is 0 Å². The molecular weight excluding hydrogens is 550 g/mol. The van der Waals surface area contributed by atoms with Gasteiger partial charge in [0.2, 0.25) is 0 Å². The van der Waals surface area contributed by atoms with E-state index in [1.807, 2.05) is 72.8 Å². The molecule has 4 nitrogen and oxygen atoms in total. The fourth-order valence-electron chi connectivity index (χ4n) is 6.32. The Morgan fingerprint density at radius 3 is 1.67 bits per heavy atom. The van der Waals surface area contributed by atoms with Crippen LogP contribution in [-0.2, 0) is 0 Å². The summed E-state index contributed by atoms with van der Waals surface area (Å²) in [6.45, 7) is 0. The molecule has 0 saturated heterocycles. The van der Waals surface area contributed by atoms with Gasteiger partial charge >= 0.3 is 0 Å². The van der Waals surface area contributed by atoms with Gasteiger partial charge in [0.1, 0.15) is 11.2 Å². The van der Waals surface area contributed by atoms with E-state index in [1.165, 1.54) is 21.7 Å². The highest BCUT2D eigenvalue weighted by atomic mass is 16.3. The SMILES string of the molecule is c1ccc(-c2nc(-c3ccccc3)nc(-c3cccc4cc(-c5ccc6c(ccc7oc8ccccc8c76)c5)ccc34)n2)cc1. The van der Waals surface area contributed by atoms with Crippen molar-refractivity contribution in [1.82, 2.24) is 15.0 Å². The molecule has 0 atom stereocenters. The highest BCUT2D eigenvalue weighted by molar-refractivity contribution is 6.19. The first-order valence-electron chi connectivity index (χ1n) is 15.0. The lowest BCUT2D eigenvalue weighted by atomic mass is 9.95. The number of para-hydroxylation sites is 1. The van der Waals surface area contributed by atoms with Crippen LogP contribution < -0.4 is 0 Å². The Bertz CT molecular complexity index is 2480. The maximum atomic E-state index is 6.12. The smallest absolute Gasteiger partial charge is 0.164 e. The van der Waals surface area contributed by atoms with Gasteiger partial charge in [0, 0.05) is 27.5 Å². The van der Waals surface area contributed by atoms with Crippen LogP contribution in [0.2, 0.25) is 0 Å². The number of fused-ring (bicyclic) bond motifs is 6. The average Bonchev–Trinajstić information content (AvgIpc) is 3.51. The Labute approximate surface area is 259 Å². The van der Waals surface area contributed by atoms with E-state index in [1.54, 1.807) is 0 Å². The maximum absolute atomic E-state index is 6.12. The summed E-state index contributed by atoms with van der Waals surface area (Å²) in [6.07, 6.45) is 0. The molecule has 0 aliphatic carbocycles. The van der Waals surface area contributed by atoms with Crippen molar-refractivity contribution in [3.63, 3.8) is 0 Å². The molecule has 4 heteroatoms. The lowest BCUT2D eigenvalue weighted by Crippen LogP contribution is -2.00. The van der Waals surface area contributed by atoms with Crippen molar-refractivity contribution >= 4 is 43.5 Å². The summed E-state index contributed by atoms with van der Waals surface area (Å²) in [5, 5.41) is 6.92. The molecule has 0 fully saturated rings. The molecule has 0 aliphatic heterocycles. The van der Waals surface area contributed by atoms with Crippen molar-refractivity contribution in [2.24, 2.45) is 0 Å². The van der Waals surface area contributed by atoms with Gasteiger partial charge in [-0.25, -0.2) is 15.0 Å². The number of nitrogens with zero attached hydrogens (tertiary/aromatic N) is 3. The first-order valence-corrected chi connectivity index (χ1v) is 15.0. The topological polar surface area (TPSA) is 51.8 Å². The normalized spacial score (nSPS) is 11.6. The molecule has 7 aromatic carbocycles. The molecular formula is C41H25N3O. The second kappa shape index (κ2) is 10.2. The Morgan fingerprint density at radius 2 is 0.956 bits per heavy atom. The minimum Gasteiger partial charge on any atom is -0.456 e. The standard InChI is InChI=1S/C41H25N3O/c1-3-10-26(11-4-1)39-42-40(27-12-5-2-6-13-27)44-41(43-39)34-16-9-14-30-24-28(18-21-32(30)34)29-19-22-33-31(25-29)20-23-37-38(33)35-15-7-8-17-36(35)45-37/h1-25H. The van der Waals surface area contributed by atoms with Gasteiger partial charge in [-0.05, 0) is 56.9 Å². The molecule has 0 spiro atoms. The van der Waals surface area contributed by atoms with Crippen LogP contribution >= 0.6 is 0 Å². The number of hydrogen-bond donors (Lipinski definition) is 0. The lowest BCUT2D eigenvalue weighted by molar-refractivity contribution is 0.669. The molecule has 2 heterocycles. The highest BCUT2D eigenvalue weighted by Crippen LogP contribution is 2.37. The van der Waals surface area contributed by atoms with Crippen molar-refractivity contribution in [2.45, 2.75) is 0 Å². The van der Waals surface area contributed by atoms with Crippen molar-refractivity contribution in [3.8, 4) is 45.3 Å². The van der Waals surface area contributed by atoms with Crippen LogP contribution in [0.1, 0.15) is 0 Å². The summed E-state index contributed by atoms with van der Waals surface area (Å²) in [7, 11) is 0. The van der Waals surface area contributed by atoms with Crippen molar-refractivity contribution < 1.29 is 4.42 Å². The summed E-state index contributed by atoms with van der Waals surface area (Å²) < 4.78 is 6.12. The summed E-state index contributed by atoms with van der Waals surface area (Å²) in [5.74, 6) is 1.97. The number of rotatable bonds is 4. The summed E-state index contributed by atoms with van der Waals surface area (Å²) in [6, 6.07) is 52.3. The summed E-state index contributed by atoms with van der Waals surface area (Å²) in [5.41, 5.74) is 7.04. The molecule has 0 N–H and O–H groups in total. The van der Waals surface area contributed by atoms with Crippen LogP contribution in [0, 0.1) is 0 Å². The van der Waals surface area contributed by atoms with Gasteiger partial charge in [0.15, 0.2) is 17.5 Å². The second-order valence-corrected chi connectivity index (χ2v) is 11.3. The van der Waals surface area contributed by atoms with Gasteiger partial charge in [0.05, 0.1) is 0 Å². The van der Waals surface area contributed by atoms with Crippen molar-refractivity contribution in [3.05, 3.63) is 152 Å². The minimum atomic E-state index is 0.656. The van der Waals surface area contributed by atoms with Crippen LogP contribution in [0.25, 0.3) is 88.8 Å². The predicted molar refractivity (Wildman–Crippen MR) is 184 cm³/mol. The lowest BCUT2D eigenvalue weighted by Gasteiger charge is -2.11. The van der Waals surface area contributed by atoms with E-state index in [2.05, 4.69) is 78.9 Å². The van der Waals surface area contributed by atoms with Crippen molar-refractivity contribution in [2.75, 3.05) is 0 Å². The zero-order valence-electron chi connectivity index (χ0n) is 24.2. The van der Waals surface area contributed by atoms with E-state index in [0.717, 1.165) is 49.6 Å². The maximum Gasteiger partial charge on any atom is 0.164 e. The van der Waals surface area contributed by atoms with Gasteiger partial charge < -0.3 is 4.42 Å². The first kappa shape index (κ1) is 25.4. The van der Waals surface area contributed by atoms with E-state index < -0.39 is 0 Å². The summed E-state index contributed by atoms with van der Waals surface area (Å²) >= 11 is 0. The Morgan fingerprint density at radius 1 is 0.356 bits per heavy atom. The van der Waals surface area contributed by atoms with E-state index in [9.17, 15) is 0 Å². The molecule has 0 amide bonds. The zero-order valence-corrected chi connectivity index (χ0v) is 24.2. The minimum absolute atomic E-state index is 0.656. The van der Waals surface area contributed by atoms with Crippen LogP contribution in [0.5, 0.6) is 0 Å². The highest BCUT2D eigenvalue weighted by Gasteiger charge is 2.15. The fraction of sp³-hybridized carbons (Fsp3) is 0. The Hall–Kier alpha value is -6.13. The third kappa shape index (κ3) is 4.35. The Balaban J connectivity index is 1.17. The quantitative estimate of drug-likeness (QED) is 0.209. The van der Waals surface area contributed by atoms with E-state index >= 15 is 0 Å². The summed E-state index contributed by atoms with van der Waals surface area (Å²) in [4.78, 5) is 14.8. The number of hydrogen-bond acceptors (Lipinski definition) is 4. The molecule has 0 bridgehead atoms. The second-order valence-electron chi connectivity index (χ2n) is 11.3. The van der Waals surface area contributed by atoms with Crippen LogP contribution in [0.4, 0.5) is 0 Å². The number of aromatic nitrogens is 3.